The molecule has 1 fully saturated rings. The molecule has 9 heavy (non-hydrogen) atoms. The SMILES string of the molecule is CF.NS(=O)(=O)C1CC1. The van der Waals surface area contributed by atoms with Gasteiger partial charge in [0.25, 0.3) is 0 Å². The molecule has 3 nitrogen and oxygen atoms in total. The normalized spacial score (nSPS) is 18.1. The molecule has 0 aromatic carbocycles. The quantitative estimate of drug-likeness (QED) is 0.580. The maximum Gasteiger partial charge on any atom is 0.211 e. The molecular formula is C4H10FNO2S. The molecule has 0 saturated heterocycles. The van der Waals surface area contributed by atoms with E-state index in [1.807, 2.05) is 0 Å². The molecule has 5 heteroatoms. The van der Waals surface area contributed by atoms with Crippen LogP contribution in [0.5, 0.6) is 0 Å². The van der Waals surface area contributed by atoms with Gasteiger partial charge in [0.05, 0.1) is 12.4 Å². The molecule has 1 saturated carbocycles. The lowest BCUT2D eigenvalue weighted by atomic mass is 11.0. The van der Waals surface area contributed by atoms with Crippen LogP contribution < -0.4 is 5.14 Å². The first-order chi connectivity index (χ1) is 4.11. The Morgan fingerprint density at radius 1 is 1.44 bits per heavy atom. The van der Waals surface area contributed by atoms with Crippen LogP contribution in [0, 0.1) is 0 Å². The van der Waals surface area contributed by atoms with E-state index in [0.717, 1.165) is 12.8 Å². The lowest BCUT2D eigenvalue weighted by molar-refractivity contribution is 0.596. The zero-order valence-corrected chi connectivity index (χ0v) is 5.99. The molecule has 0 spiro atoms. The van der Waals surface area contributed by atoms with Crippen LogP contribution in [-0.4, -0.2) is 20.8 Å². The number of sulfonamides is 1. The summed E-state index contributed by atoms with van der Waals surface area (Å²) in [6.07, 6.45) is 1.53. The summed E-state index contributed by atoms with van der Waals surface area (Å²) in [5.74, 6) is 0. The van der Waals surface area contributed by atoms with Gasteiger partial charge < -0.3 is 0 Å². The van der Waals surface area contributed by atoms with Crippen molar-refractivity contribution in [3.05, 3.63) is 0 Å². The Hall–Kier alpha value is -0.160. The Morgan fingerprint density at radius 3 is 1.78 bits per heavy atom. The van der Waals surface area contributed by atoms with Gasteiger partial charge in [0.1, 0.15) is 0 Å². The Bertz CT molecular complexity index is 161. The van der Waals surface area contributed by atoms with Crippen molar-refractivity contribution in [2.45, 2.75) is 18.1 Å². The van der Waals surface area contributed by atoms with Gasteiger partial charge in [-0.2, -0.15) is 0 Å². The molecule has 1 rings (SSSR count). The fourth-order valence-corrected chi connectivity index (χ4v) is 1.19. The fourth-order valence-electron chi connectivity index (χ4n) is 0.397. The molecular weight excluding hydrogens is 145 g/mol. The van der Waals surface area contributed by atoms with Gasteiger partial charge >= 0.3 is 0 Å². The monoisotopic (exact) mass is 155 g/mol. The molecule has 0 aliphatic heterocycles. The van der Waals surface area contributed by atoms with E-state index in [0.29, 0.717) is 7.18 Å². The van der Waals surface area contributed by atoms with Crippen molar-refractivity contribution >= 4 is 10.0 Å². The van der Waals surface area contributed by atoms with Crippen LogP contribution in [0.4, 0.5) is 4.39 Å². The van der Waals surface area contributed by atoms with Crippen LogP contribution in [0.2, 0.25) is 0 Å². The number of alkyl halides is 1. The van der Waals surface area contributed by atoms with Crippen LogP contribution in [0.3, 0.4) is 0 Å². The average molecular weight is 155 g/mol. The van der Waals surface area contributed by atoms with Crippen LogP contribution >= 0.6 is 0 Å². The highest BCUT2D eigenvalue weighted by Gasteiger charge is 2.32. The lowest BCUT2D eigenvalue weighted by Gasteiger charge is -1.84. The molecule has 0 amide bonds. The van der Waals surface area contributed by atoms with E-state index in [4.69, 9.17) is 5.14 Å². The summed E-state index contributed by atoms with van der Waals surface area (Å²) in [6, 6.07) is 0. The molecule has 1 aliphatic rings. The van der Waals surface area contributed by atoms with Gasteiger partial charge in [-0.3, -0.25) is 4.39 Å². The third-order valence-electron chi connectivity index (χ3n) is 0.989. The Balaban J connectivity index is 0.000000291. The predicted octanol–water partition coefficient (Wildman–Crippen LogP) is 0.0230. The summed E-state index contributed by atoms with van der Waals surface area (Å²) < 4.78 is 29.8. The maximum atomic E-state index is 10.2. The molecule has 2 N–H and O–H groups in total. The van der Waals surface area contributed by atoms with E-state index >= 15 is 0 Å². The van der Waals surface area contributed by atoms with Crippen molar-refractivity contribution in [2.75, 3.05) is 7.18 Å². The number of hydrogen-bond acceptors (Lipinski definition) is 2. The molecule has 0 atom stereocenters. The van der Waals surface area contributed by atoms with Gasteiger partial charge in [-0.15, -0.1) is 0 Å². The van der Waals surface area contributed by atoms with Gasteiger partial charge in [-0.25, -0.2) is 13.6 Å². The Morgan fingerprint density at radius 2 is 1.78 bits per heavy atom. The number of hydrogen-bond donors (Lipinski definition) is 1. The largest absolute Gasteiger partial charge is 0.255 e. The summed E-state index contributed by atoms with van der Waals surface area (Å²) in [5.41, 5.74) is 0. The third-order valence-corrected chi connectivity index (χ3v) is 2.39. The van der Waals surface area contributed by atoms with E-state index in [-0.39, 0.29) is 5.25 Å². The van der Waals surface area contributed by atoms with E-state index in [1.165, 1.54) is 0 Å². The summed E-state index contributed by atoms with van der Waals surface area (Å²) in [4.78, 5) is 0. The number of primary sulfonamides is 1. The minimum absolute atomic E-state index is 0.201. The maximum absolute atomic E-state index is 10.2. The number of rotatable bonds is 1. The van der Waals surface area contributed by atoms with Crippen molar-refractivity contribution in [1.82, 2.24) is 0 Å². The molecule has 56 valence electrons. The van der Waals surface area contributed by atoms with Gasteiger partial charge in [0.15, 0.2) is 0 Å². The number of nitrogens with two attached hydrogens (primary N) is 1. The minimum atomic E-state index is -3.13. The third kappa shape index (κ3) is 3.42. The molecule has 1 aliphatic carbocycles. The summed E-state index contributed by atoms with van der Waals surface area (Å²) in [6.45, 7) is 0. The van der Waals surface area contributed by atoms with Crippen LogP contribution in [0.15, 0.2) is 0 Å². The number of halogens is 1. The minimum Gasteiger partial charge on any atom is -0.255 e. The smallest absolute Gasteiger partial charge is 0.211 e. The second kappa shape index (κ2) is 3.12. The Kier molecular flexibility index (Phi) is 3.07. The predicted molar refractivity (Wildman–Crippen MR) is 33.2 cm³/mol. The van der Waals surface area contributed by atoms with Crippen molar-refractivity contribution in [1.29, 1.82) is 0 Å². The van der Waals surface area contributed by atoms with Gasteiger partial charge in [0.2, 0.25) is 10.0 Å². The molecule has 0 bridgehead atoms. The van der Waals surface area contributed by atoms with E-state index in [1.54, 1.807) is 0 Å². The highest BCUT2D eigenvalue weighted by Crippen LogP contribution is 2.25. The van der Waals surface area contributed by atoms with Crippen LogP contribution in [0.25, 0.3) is 0 Å². The van der Waals surface area contributed by atoms with Crippen molar-refractivity contribution in [3.8, 4) is 0 Å². The van der Waals surface area contributed by atoms with Gasteiger partial charge in [0, 0.05) is 0 Å². The fraction of sp³-hybridized carbons (Fsp3) is 1.00. The second-order valence-corrected chi connectivity index (χ2v) is 3.63. The van der Waals surface area contributed by atoms with E-state index < -0.39 is 10.0 Å². The summed E-state index contributed by atoms with van der Waals surface area (Å²) in [7, 11) is -2.63. The van der Waals surface area contributed by atoms with E-state index in [9.17, 15) is 12.8 Å². The highest BCUT2D eigenvalue weighted by molar-refractivity contribution is 7.90. The van der Waals surface area contributed by atoms with Crippen LogP contribution in [0.1, 0.15) is 12.8 Å². The van der Waals surface area contributed by atoms with Gasteiger partial charge in [-0.05, 0) is 12.8 Å². The van der Waals surface area contributed by atoms with Crippen molar-refractivity contribution in [2.24, 2.45) is 5.14 Å². The first kappa shape index (κ1) is 8.84. The first-order valence-corrected chi connectivity index (χ1v) is 4.11. The topological polar surface area (TPSA) is 60.2 Å². The summed E-state index contributed by atoms with van der Waals surface area (Å²) >= 11 is 0. The van der Waals surface area contributed by atoms with Crippen molar-refractivity contribution < 1.29 is 12.8 Å². The molecule has 0 heterocycles. The van der Waals surface area contributed by atoms with E-state index in [2.05, 4.69) is 0 Å². The first-order valence-electron chi connectivity index (χ1n) is 2.50. The van der Waals surface area contributed by atoms with Crippen LogP contribution in [-0.2, 0) is 10.0 Å². The lowest BCUT2D eigenvalue weighted by Crippen LogP contribution is -2.16. The molecule has 0 unspecified atom stereocenters. The molecule has 0 radical (unpaired) electrons. The standard InChI is InChI=1S/C3H7NO2S.CH3F/c4-7(5,6)3-1-2-3;1-2/h3H,1-2H2,(H2,4,5,6);1H3. The zero-order chi connectivity index (χ0) is 7.49. The Labute approximate surface area is 54.1 Å². The molecule has 0 aromatic rings. The van der Waals surface area contributed by atoms with Crippen molar-refractivity contribution in [3.63, 3.8) is 0 Å². The zero-order valence-electron chi connectivity index (χ0n) is 5.17. The highest BCUT2D eigenvalue weighted by atomic mass is 32.2. The second-order valence-electron chi connectivity index (χ2n) is 1.79. The average Bonchev–Trinajstić information content (AvgIpc) is 2.47. The van der Waals surface area contributed by atoms with Gasteiger partial charge in [-0.1, -0.05) is 0 Å². The summed E-state index contributed by atoms with van der Waals surface area (Å²) in [5, 5.41) is 4.51. The molecule has 0 aromatic heterocycles.